The van der Waals surface area contributed by atoms with E-state index in [1.165, 1.54) is 26.0 Å². The predicted octanol–water partition coefficient (Wildman–Crippen LogP) is 5.94. The maximum Gasteiger partial charge on any atom is 0.337 e. The third-order valence-electron chi connectivity index (χ3n) is 6.63. The fourth-order valence-electron chi connectivity index (χ4n) is 4.54. The summed E-state index contributed by atoms with van der Waals surface area (Å²) in [6.45, 7) is 2.98. The first-order valence-electron chi connectivity index (χ1n) is 12.6. The first kappa shape index (κ1) is 27.6. The molecule has 1 fully saturated rings. The number of rotatable bonds is 13. The number of nitro groups is 1. The maximum absolute atomic E-state index is 12.1. The molecule has 0 aliphatic heterocycles. The molecule has 0 amide bonds. The lowest BCUT2D eigenvalue weighted by Gasteiger charge is -2.18. The molecule has 0 spiro atoms. The Bertz CT molecular complexity index is 1310. The third-order valence-corrected chi connectivity index (χ3v) is 7.12. The Hall–Kier alpha value is -3.47. The average Bonchev–Trinajstić information content (AvgIpc) is 3.64. The average molecular weight is 586 g/mol. The Balaban J connectivity index is 1.38. The van der Waals surface area contributed by atoms with Crippen LogP contribution < -0.4 is 10.1 Å². The summed E-state index contributed by atoms with van der Waals surface area (Å²) in [5.74, 6) is 1.28. The number of aryl methyl sites for hydroxylation is 2. The van der Waals surface area contributed by atoms with E-state index in [4.69, 9.17) is 9.47 Å². The molecule has 1 saturated carbocycles. The molecule has 3 aromatic rings. The van der Waals surface area contributed by atoms with Gasteiger partial charge in [0.1, 0.15) is 5.69 Å². The van der Waals surface area contributed by atoms with Gasteiger partial charge in [0, 0.05) is 29.8 Å². The summed E-state index contributed by atoms with van der Waals surface area (Å²) in [5.41, 5.74) is 3.02. The zero-order valence-corrected chi connectivity index (χ0v) is 23.4. The lowest BCUT2D eigenvalue weighted by Crippen LogP contribution is -2.17. The number of anilines is 1. The molecule has 38 heavy (non-hydrogen) atoms. The maximum atomic E-state index is 12.1. The summed E-state index contributed by atoms with van der Waals surface area (Å²) >= 11 is 3.31. The molecule has 202 valence electrons. The number of carbonyl (C=O) groups excluding carboxylic acids is 1. The zero-order valence-electron chi connectivity index (χ0n) is 21.8. The first-order valence-corrected chi connectivity index (χ1v) is 13.4. The number of esters is 1. The minimum atomic E-state index is -0.424. The van der Waals surface area contributed by atoms with Gasteiger partial charge in [0.15, 0.2) is 0 Å². The highest BCUT2D eigenvalue weighted by molar-refractivity contribution is 9.10. The van der Waals surface area contributed by atoms with Gasteiger partial charge in [0.2, 0.25) is 5.88 Å². The smallest absolute Gasteiger partial charge is 0.337 e. The van der Waals surface area contributed by atoms with Crippen LogP contribution in [0.5, 0.6) is 5.88 Å². The minimum Gasteiger partial charge on any atom is -0.477 e. The van der Waals surface area contributed by atoms with E-state index in [-0.39, 0.29) is 10.6 Å². The molecule has 11 heteroatoms. The van der Waals surface area contributed by atoms with Gasteiger partial charge < -0.3 is 14.8 Å². The molecule has 2 heterocycles. The summed E-state index contributed by atoms with van der Waals surface area (Å²) in [5, 5.41) is 19.1. The number of hydrogen-bond acceptors (Lipinski definition) is 8. The van der Waals surface area contributed by atoms with Crippen molar-refractivity contribution in [3.05, 3.63) is 62.4 Å². The molecular weight excluding hydrogens is 554 g/mol. The van der Waals surface area contributed by atoms with Crippen LogP contribution in [0.15, 0.2) is 41.0 Å². The van der Waals surface area contributed by atoms with Gasteiger partial charge in [-0.15, -0.1) is 0 Å². The van der Waals surface area contributed by atoms with E-state index >= 15 is 0 Å². The highest BCUT2D eigenvalue weighted by Crippen LogP contribution is 2.37. The summed E-state index contributed by atoms with van der Waals surface area (Å²) < 4.78 is 13.4. The zero-order chi connectivity index (χ0) is 27.2. The number of benzene rings is 1. The van der Waals surface area contributed by atoms with Crippen LogP contribution in [0.4, 0.5) is 11.4 Å². The summed E-state index contributed by atoms with van der Waals surface area (Å²) in [6.07, 6.45) is 7.03. The van der Waals surface area contributed by atoms with Crippen molar-refractivity contribution in [3.8, 4) is 17.1 Å². The predicted molar refractivity (Wildman–Crippen MR) is 147 cm³/mol. The summed E-state index contributed by atoms with van der Waals surface area (Å²) in [7, 11) is 3.16. The van der Waals surface area contributed by atoms with Gasteiger partial charge in [-0.2, -0.15) is 5.10 Å². The van der Waals surface area contributed by atoms with E-state index in [2.05, 4.69) is 31.3 Å². The molecule has 0 bridgehead atoms. The number of methoxy groups -OCH3 is 1. The fraction of sp³-hybridized carbons (Fsp3) is 0.444. The Morgan fingerprint density at radius 1 is 1.32 bits per heavy atom. The van der Waals surface area contributed by atoms with Gasteiger partial charge in [-0.05, 0) is 62.3 Å². The number of nitrogens with one attached hydrogen (secondary N) is 1. The molecular formula is C27H32BrN5O5. The highest BCUT2D eigenvalue weighted by Gasteiger charge is 2.26. The van der Waals surface area contributed by atoms with Crippen molar-refractivity contribution in [2.24, 2.45) is 18.9 Å². The number of nitro benzene ring substituents is 1. The van der Waals surface area contributed by atoms with Crippen LogP contribution in [-0.4, -0.2) is 45.9 Å². The van der Waals surface area contributed by atoms with E-state index in [1.54, 1.807) is 36.1 Å². The van der Waals surface area contributed by atoms with Crippen LogP contribution in [0.2, 0.25) is 0 Å². The van der Waals surface area contributed by atoms with E-state index in [1.807, 2.05) is 13.0 Å². The second-order valence-corrected chi connectivity index (χ2v) is 10.6. The second-order valence-electron chi connectivity index (χ2n) is 9.70. The monoisotopic (exact) mass is 585 g/mol. The van der Waals surface area contributed by atoms with Crippen molar-refractivity contribution >= 4 is 33.3 Å². The molecule has 1 N–H and O–H groups in total. The van der Waals surface area contributed by atoms with Crippen LogP contribution in [0.25, 0.3) is 11.3 Å². The van der Waals surface area contributed by atoms with Crippen molar-refractivity contribution in [1.82, 2.24) is 14.8 Å². The second kappa shape index (κ2) is 12.4. The van der Waals surface area contributed by atoms with Crippen molar-refractivity contribution < 1.29 is 19.2 Å². The Morgan fingerprint density at radius 2 is 2.11 bits per heavy atom. The molecule has 0 radical (unpaired) electrons. The van der Waals surface area contributed by atoms with Crippen molar-refractivity contribution in [3.63, 3.8) is 0 Å². The van der Waals surface area contributed by atoms with Crippen LogP contribution in [0, 0.1) is 28.9 Å². The van der Waals surface area contributed by atoms with Crippen molar-refractivity contribution in [2.45, 2.75) is 39.0 Å². The summed E-state index contributed by atoms with van der Waals surface area (Å²) in [4.78, 5) is 27.7. The topological polar surface area (TPSA) is 121 Å². The normalized spacial score (nSPS) is 13.7. The number of hydrogen-bond donors (Lipinski definition) is 1. The highest BCUT2D eigenvalue weighted by atomic mass is 79.9. The minimum absolute atomic E-state index is 0.0664. The van der Waals surface area contributed by atoms with Gasteiger partial charge in [-0.3, -0.25) is 15.1 Å². The van der Waals surface area contributed by atoms with Gasteiger partial charge in [0.25, 0.3) is 5.69 Å². The fourth-order valence-corrected chi connectivity index (χ4v) is 4.89. The SMILES string of the molecule is COC(=O)c1cc(C)nc(-c2cnn(C)c2OCCC[C@H](CNc2ccc(Br)cc2[N+](=O)[O-])CC2CC2)c1. The number of pyridine rings is 1. The van der Waals surface area contributed by atoms with Crippen LogP contribution in [-0.2, 0) is 11.8 Å². The first-order chi connectivity index (χ1) is 18.2. The molecule has 0 unspecified atom stereocenters. The quantitative estimate of drug-likeness (QED) is 0.113. The Kier molecular flexibility index (Phi) is 8.98. The number of carbonyl (C=O) groups is 1. The number of halogens is 1. The van der Waals surface area contributed by atoms with Crippen molar-refractivity contribution in [1.29, 1.82) is 0 Å². The molecule has 1 aliphatic carbocycles. The largest absolute Gasteiger partial charge is 0.477 e. The molecule has 0 saturated heterocycles. The molecule has 10 nitrogen and oxygen atoms in total. The van der Waals surface area contributed by atoms with Gasteiger partial charge in [-0.1, -0.05) is 28.8 Å². The van der Waals surface area contributed by atoms with E-state index in [0.29, 0.717) is 57.6 Å². The Morgan fingerprint density at radius 3 is 2.82 bits per heavy atom. The van der Waals surface area contributed by atoms with E-state index in [9.17, 15) is 14.9 Å². The lowest BCUT2D eigenvalue weighted by atomic mass is 9.96. The number of ether oxygens (including phenoxy) is 2. The van der Waals surface area contributed by atoms with Gasteiger partial charge >= 0.3 is 5.97 Å². The third kappa shape index (κ3) is 7.09. The molecule has 1 atom stereocenters. The Labute approximate surface area is 230 Å². The van der Waals surface area contributed by atoms with Gasteiger partial charge in [0.05, 0.1) is 41.7 Å². The lowest BCUT2D eigenvalue weighted by molar-refractivity contribution is -0.384. The van der Waals surface area contributed by atoms with Gasteiger partial charge in [-0.25, -0.2) is 9.48 Å². The number of nitrogens with zero attached hydrogens (tertiary/aromatic N) is 4. The standard InChI is InChI=1S/C27H32BrN5O5/c1-17-11-20(27(34)37-3)13-24(31-17)22-16-30-32(2)26(22)38-10-4-5-19(12-18-6-7-18)15-29-23-9-8-21(28)14-25(23)33(35)36/h8-9,11,13-14,16,18-19,29H,4-7,10,12,15H2,1-3H3/t19-/m0/s1. The van der Waals surface area contributed by atoms with E-state index < -0.39 is 5.97 Å². The molecule has 1 aliphatic rings. The molecule has 1 aromatic carbocycles. The molecule has 4 rings (SSSR count). The summed E-state index contributed by atoms with van der Waals surface area (Å²) in [6, 6.07) is 8.44. The van der Waals surface area contributed by atoms with Crippen LogP contribution in [0.1, 0.15) is 48.2 Å². The van der Waals surface area contributed by atoms with E-state index in [0.717, 1.165) is 25.2 Å². The van der Waals surface area contributed by atoms with Crippen LogP contribution >= 0.6 is 15.9 Å². The van der Waals surface area contributed by atoms with Crippen LogP contribution in [0.3, 0.4) is 0 Å². The molecule has 2 aromatic heterocycles. The number of aromatic nitrogens is 3. The van der Waals surface area contributed by atoms with Crippen molar-refractivity contribution in [2.75, 3.05) is 25.6 Å².